The van der Waals surface area contributed by atoms with Gasteiger partial charge in [-0.15, -0.1) is 0 Å². The summed E-state index contributed by atoms with van der Waals surface area (Å²) in [5.74, 6) is -1.49. The molecule has 1 rings (SSSR count). The number of urea groups is 1. The second-order valence-corrected chi connectivity index (χ2v) is 6.15. The molecule has 1 aromatic carbocycles. The monoisotopic (exact) mass is 300 g/mol. The fourth-order valence-electron chi connectivity index (χ4n) is 1.92. The number of anilines is 1. The molecular formula is C15H22F2N2O2. The minimum absolute atomic E-state index is 0.0253. The summed E-state index contributed by atoms with van der Waals surface area (Å²) in [5, 5.41) is 11.4. The molecule has 0 unspecified atom stereocenters. The van der Waals surface area contributed by atoms with E-state index >= 15 is 0 Å². The van der Waals surface area contributed by atoms with Crippen molar-refractivity contribution in [3.63, 3.8) is 0 Å². The Morgan fingerprint density at radius 3 is 2.29 bits per heavy atom. The van der Waals surface area contributed by atoms with Crippen molar-refractivity contribution >= 4 is 11.7 Å². The van der Waals surface area contributed by atoms with Crippen LogP contribution in [0, 0.1) is 17.0 Å². The van der Waals surface area contributed by atoms with Crippen LogP contribution in [0.25, 0.3) is 0 Å². The maximum absolute atomic E-state index is 13.1. The number of rotatable bonds is 5. The minimum atomic E-state index is -0.747. The lowest BCUT2D eigenvalue weighted by Crippen LogP contribution is -2.41. The van der Waals surface area contributed by atoms with Gasteiger partial charge < -0.3 is 15.3 Å². The van der Waals surface area contributed by atoms with Gasteiger partial charge >= 0.3 is 6.03 Å². The average Bonchev–Trinajstić information content (AvgIpc) is 2.31. The summed E-state index contributed by atoms with van der Waals surface area (Å²) < 4.78 is 26.2. The Labute approximate surface area is 123 Å². The zero-order valence-corrected chi connectivity index (χ0v) is 12.6. The van der Waals surface area contributed by atoms with Crippen molar-refractivity contribution in [1.29, 1.82) is 0 Å². The SMILES string of the molecule is CC(C)(C)CN(CCCO)C(=O)Nc1cc(F)cc(F)c1. The Kier molecular flexibility index (Phi) is 6.08. The summed E-state index contributed by atoms with van der Waals surface area (Å²) in [6, 6.07) is 2.42. The van der Waals surface area contributed by atoms with Gasteiger partial charge in [-0.1, -0.05) is 20.8 Å². The molecule has 0 saturated carbocycles. The number of nitrogens with zero attached hydrogens (tertiary/aromatic N) is 1. The van der Waals surface area contributed by atoms with E-state index in [0.29, 0.717) is 19.5 Å². The normalized spacial score (nSPS) is 11.3. The predicted octanol–water partition coefficient (Wildman–Crippen LogP) is 3.23. The van der Waals surface area contributed by atoms with Crippen molar-refractivity contribution in [2.45, 2.75) is 27.2 Å². The predicted molar refractivity (Wildman–Crippen MR) is 78.1 cm³/mol. The van der Waals surface area contributed by atoms with Gasteiger partial charge in [0, 0.05) is 31.5 Å². The number of carbonyl (C=O) groups is 1. The van der Waals surface area contributed by atoms with Crippen LogP contribution in [0.2, 0.25) is 0 Å². The number of aliphatic hydroxyl groups excluding tert-OH is 1. The number of benzene rings is 1. The van der Waals surface area contributed by atoms with Gasteiger partial charge in [0.15, 0.2) is 0 Å². The molecule has 1 aromatic rings. The fraction of sp³-hybridized carbons (Fsp3) is 0.533. The van der Waals surface area contributed by atoms with Crippen LogP contribution >= 0.6 is 0 Å². The van der Waals surface area contributed by atoms with E-state index in [2.05, 4.69) is 5.32 Å². The van der Waals surface area contributed by atoms with E-state index < -0.39 is 17.7 Å². The number of halogens is 2. The standard InChI is InChI=1S/C15H22F2N2O2/c1-15(2,3)10-19(5-4-6-20)14(21)18-13-8-11(16)7-12(17)9-13/h7-9,20H,4-6,10H2,1-3H3,(H,18,21). The summed E-state index contributed by atoms with van der Waals surface area (Å²) in [5.41, 5.74) is -0.0552. The molecule has 21 heavy (non-hydrogen) atoms. The lowest BCUT2D eigenvalue weighted by atomic mass is 9.96. The number of carbonyl (C=O) groups excluding carboxylic acids is 1. The van der Waals surface area contributed by atoms with Crippen molar-refractivity contribution in [2.75, 3.05) is 25.0 Å². The van der Waals surface area contributed by atoms with Gasteiger partial charge in [-0.2, -0.15) is 0 Å². The van der Waals surface area contributed by atoms with E-state index in [0.717, 1.165) is 18.2 Å². The first-order valence-electron chi connectivity index (χ1n) is 6.84. The van der Waals surface area contributed by atoms with Gasteiger partial charge in [-0.25, -0.2) is 13.6 Å². The summed E-state index contributed by atoms with van der Waals surface area (Å²) in [6.45, 7) is 6.76. The highest BCUT2D eigenvalue weighted by Crippen LogP contribution is 2.18. The van der Waals surface area contributed by atoms with E-state index in [9.17, 15) is 13.6 Å². The minimum Gasteiger partial charge on any atom is -0.396 e. The zero-order valence-electron chi connectivity index (χ0n) is 12.6. The second-order valence-electron chi connectivity index (χ2n) is 6.15. The van der Waals surface area contributed by atoms with Gasteiger partial charge in [0.1, 0.15) is 11.6 Å². The average molecular weight is 300 g/mol. The van der Waals surface area contributed by atoms with Crippen LogP contribution in [0.5, 0.6) is 0 Å². The smallest absolute Gasteiger partial charge is 0.321 e. The lowest BCUT2D eigenvalue weighted by Gasteiger charge is -2.30. The molecule has 0 bridgehead atoms. The number of hydrogen-bond donors (Lipinski definition) is 2. The highest BCUT2D eigenvalue weighted by molar-refractivity contribution is 5.89. The van der Waals surface area contributed by atoms with Gasteiger partial charge in [-0.05, 0) is 24.0 Å². The van der Waals surface area contributed by atoms with Gasteiger partial charge in [0.05, 0.1) is 0 Å². The first kappa shape index (κ1) is 17.4. The molecule has 0 saturated heterocycles. The van der Waals surface area contributed by atoms with E-state index in [1.54, 1.807) is 0 Å². The van der Waals surface area contributed by atoms with Crippen molar-refractivity contribution in [3.05, 3.63) is 29.8 Å². The van der Waals surface area contributed by atoms with Gasteiger partial charge in [0.25, 0.3) is 0 Å². The first-order valence-corrected chi connectivity index (χ1v) is 6.84. The molecular weight excluding hydrogens is 278 g/mol. The third-order valence-electron chi connectivity index (χ3n) is 2.65. The third-order valence-corrected chi connectivity index (χ3v) is 2.65. The molecule has 0 spiro atoms. The van der Waals surface area contributed by atoms with Crippen LogP contribution in [-0.2, 0) is 0 Å². The zero-order chi connectivity index (χ0) is 16.0. The second kappa shape index (κ2) is 7.36. The Bertz CT molecular complexity index is 467. The van der Waals surface area contributed by atoms with Crippen LogP contribution in [0.4, 0.5) is 19.3 Å². The van der Waals surface area contributed by atoms with E-state index in [4.69, 9.17) is 5.11 Å². The van der Waals surface area contributed by atoms with Crippen LogP contribution in [0.3, 0.4) is 0 Å². The summed E-state index contributed by atoms with van der Waals surface area (Å²) in [7, 11) is 0. The van der Waals surface area contributed by atoms with Crippen molar-refractivity contribution in [1.82, 2.24) is 4.90 Å². The molecule has 4 nitrogen and oxygen atoms in total. The maximum atomic E-state index is 13.1. The van der Waals surface area contributed by atoms with Crippen molar-refractivity contribution in [3.8, 4) is 0 Å². The molecule has 0 aliphatic rings. The Hall–Kier alpha value is -1.69. The van der Waals surface area contributed by atoms with E-state index in [1.165, 1.54) is 4.90 Å². The van der Waals surface area contributed by atoms with Crippen LogP contribution in [-0.4, -0.2) is 35.7 Å². The molecule has 0 radical (unpaired) electrons. The highest BCUT2D eigenvalue weighted by Gasteiger charge is 2.21. The first-order chi connectivity index (χ1) is 9.71. The van der Waals surface area contributed by atoms with Gasteiger partial charge in [-0.3, -0.25) is 0 Å². The largest absolute Gasteiger partial charge is 0.396 e. The fourth-order valence-corrected chi connectivity index (χ4v) is 1.92. The molecule has 2 N–H and O–H groups in total. The molecule has 0 fully saturated rings. The summed E-state index contributed by atoms with van der Waals surface area (Å²) >= 11 is 0. The number of nitrogens with one attached hydrogen (secondary N) is 1. The number of aliphatic hydroxyl groups is 1. The van der Waals surface area contributed by atoms with E-state index in [-0.39, 0.29) is 17.7 Å². The topological polar surface area (TPSA) is 52.6 Å². The molecule has 6 heteroatoms. The van der Waals surface area contributed by atoms with Crippen LogP contribution in [0.15, 0.2) is 18.2 Å². The molecule has 2 amide bonds. The Morgan fingerprint density at radius 2 is 1.81 bits per heavy atom. The quantitative estimate of drug-likeness (QED) is 0.877. The highest BCUT2D eigenvalue weighted by atomic mass is 19.1. The molecule has 0 heterocycles. The van der Waals surface area contributed by atoms with Crippen LogP contribution < -0.4 is 5.32 Å². The molecule has 0 atom stereocenters. The number of hydrogen-bond acceptors (Lipinski definition) is 2. The maximum Gasteiger partial charge on any atom is 0.321 e. The Balaban J connectivity index is 2.79. The number of amides is 2. The summed E-state index contributed by atoms with van der Waals surface area (Å²) in [6.07, 6.45) is 0.445. The molecule has 0 aliphatic heterocycles. The molecule has 0 aromatic heterocycles. The Morgan fingerprint density at radius 1 is 1.24 bits per heavy atom. The lowest BCUT2D eigenvalue weighted by molar-refractivity contribution is 0.176. The summed E-state index contributed by atoms with van der Waals surface area (Å²) in [4.78, 5) is 13.7. The van der Waals surface area contributed by atoms with Crippen molar-refractivity contribution in [2.24, 2.45) is 5.41 Å². The van der Waals surface area contributed by atoms with Crippen LogP contribution in [0.1, 0.15) is 27.2 Å². The van der Waals surface area contributed by atoms with Crippen molar-refractivity contribution < 1.29 is 18.7 Å². The molecule has 0 aliphatic carbocycles. The van der Waals surface area contributed by atoms with Gasteiger partial charge in [0.2, 0.25) is 0 Å². The van der Waals surface area contributed by atoms with E-state index in [1.807, 2.05) is 20.8 Å². The third kappa shape index (κ3) is 6.53. The molecule has 118 valence electrons.